The van der Waals surface area contributed by atoms with Crippen molar-refractivity contribution in [2.75, 3.05) is 13.1 Å². The van der Waals surface area contributed by atoms with E-state index < -0.39 is 12.1 Å². The third kappa shape index (κ3) is 3.38. The maximum absolute atomic E-state index is 12.6. The van der Waals surface area contributed by atoms with Gasteiger partial charge in [0, 0.05) is 31.7 Å². The van der Waals surface area contributed by atoms with Gasteiger partial charge in [-0.05, 0) is 36.1 Å². The number of benzene rings is 1. The van der Waals surface area contributed by atoms with Crippen molar-refractivity contribution >= 4 is 18.3 Å². The molecule has 1 amide bonds. The van der Waals surface area contributed by atoms with Gasteiger partial charge in [-0.15, -0.1) is 12.4 Å². The van der Waals surface area contributed by atoms with Crippen molar-refractivity contribution in [1.82, 2.24) is 10.2 Å². The molecule has 0 atom stereocenters. The van der Waals surface area contributed by atoms with Gasteiger partial charge in [-0.2, -0.15) is 13.2 Å². The van der Waals surface area contributed by atoms with Crippen molar-refractivity contribution < 1.29 is 18.0 Å². The molecule has 1 aromatic rings. The highest BCUT2D eigenvalue weighted by Gasteiger charge is 2.41. The fraction of sp³-hybridized carbons (Fsp3) is 0.533. The Labute approximate surface area is 133 Å². The first kappa shape index (κ1) is 17.1. The van der Waals surface area contributed by atoms with Crippen molar-refractivity contribution in [2.24, 2.45) is 5.92 Å². The van der Waals surface area contributed by atoms with Crippen molar-refractivity contribution in [1.29, 1.82) is 0 Å². The molecule has 1 fully saturated rings. The van der Waals surface area contributed by atoms with Crippen molar-refractivity contribution in [3.63, 3.8) is 0 Å². The minimum atomic E-state index is -4.14. The summed E-state index contributed by atoms with van der Waals surface area (Å²) < 4.78 is 37.9. The third-order valence-electron chi connectivity index (χ3n) is 4.33. The highest BCUT2D eigenvalue weighted by atomic mass is 35.5. The van der Waals surface area contributed by atoms with Crippen LogP contribution in [-0.4, -0.2) is 30.1 Å². The number of likely N-dealkylation sites (tertiary alicyclic amines) is 1. The minimum absolute atomic E-state index is 0. The molecule has 1 aromatic carbocycles. The number of nitrogens with one attached hydrogen (secondary N) is 1. The van der Waals surface area contributed by atoms with Gasteiger partial charge in [0.15, 0.2) is 0 Å². The van der Waals surface area contributed by atoms with E-state index in [1.807, 2.05) is 12.1 Å². The van der Waals surface area contributed by atoms with Crippen molar-refractivity contribution in [3.8, 4) is 0 Å². The molecule has 3 nitrogen and oxygen atoms in total. The molecule has 0 saturated carbocycles. The summed E-state index contributed by atoms with van der Waals surface area (Å²) in [7, 11) is 0. The molecule has 3 rings (SSSR count). The van der Waals surface area contributed by atoms with Gasteiger partial charge < -0.3 is 10.2 Å². The molecule has 122 valence electrons. The summed E-state index contributed by atoms with van der Waals surface area (Å²) >= 11 is 0. The Bertz CT molecular complexity index is 554. The molecule has 0 aromatic heterocycles. The van der Waals surface area contributed by atoms with Gasteiger partial charge in [0.1, 0.15) is 0 Å². The first-order valence-electron chi connectivity index (χ1n) is 7.13. The number of halogens is 4. The highest BCUT2D eigenvalue weighted by Crippen LogP contribution is 2.34. The molecule has 1 N–H and O–H groups in total. The molecule has 0 spiro atoms. The lowest BCUT2D eigenvalue weighted by Crippen LogP contribution is -2.42. The van der Waals surface area contributed by atoms with Gasteiger partial charge in [-0.1, -0.05) is 6.07 Å². The quantitative estimate of drug-likeness (QED) is 0.856. The number of fused-ring (bicyclic) bond motifs is 1. The zero-order valence-electron chi connectivity index (χ0n) is 11.9. The summed E-state index contributed by atoms with van der Waals surface area (Å²) in [6.45, 7) is 1.91. The molecule has 2 aliphatic rings. The Morgan fingerprint density at radius 2 is 1.77 bits per heavy atom. The maximum Gasteiger partial charge on any atom is 0.391 e. The van der Waals surface area contributed by atoms with Gasteiger partial charge in [0.25, 0.3) is 5.91 Å². The lowest BCUT2D eigenvalue weighted by molar-refractivity contribution is -0.183. The van der Waals surface area contributed by atoms with Crippen LogP contribution in [0.2, 0.25) is 0 Å². The highest BCUT2D eigenvalue weighted by molar-refractivity contribution is 5.94. The van der Waals surface area contributed by atoms with E-state index in [4.69, 9.17) is 0 Å². The molecule has 0 bridgehead atoms. The smallest absolute Gasteiger partial charge is 0.339 e. The number of carbonyl (C=O) groups is 1. The molecular formula is C15H18ClF3N2O. The predicted octanol–water partition coefficient (Wildman–Crippen LogP) is 3.13. The number of alkyl halides is 3. The summed E-state index contributed by atoms with van der Waals surface area (Å²) in [4.78, 5) is 13.9. The number of nitrogens with zero attached hydrogens (tertiary/aromatic N) is 1. The summed E-state index contributed by atoms with van der Waals surface area (Å²) in [6.07, 6.45) is -4.14. The normalized spacial score (nSPS) is 18.8. The second kappa shape index (κ2) is 6.46. The van der Waals surface area contributed by atoms with Crippen LogP contribution in [-0.2, 0) is 13.1 Å². The molecule has 7 heteroatoms. The fourth-order valence-corrected chi connectivity index (χ4v) is 3.02. The molecule has 0 unspecified atom stereocenters. The first-order chi connectivity index (χ1) is 9.95. The molecular weight excluding hydrogens is 317 g/mol. The Hall–Kier alpha value is -1.27. The van der Waals surface area contributed by atoms with Gasteiger partial charge in [-0.3, -0.25) is 4.79 Å². The molecule has 0 aliphatic carbocycles. The van der Waals surface area contributed by atoms with E-state index in [1.165, 1.54) is 10.5 Å². The maximum atomic E-state index is 12.6. The number of amides is 1. The van der Waals surface area contributed by atoms with Crippen LogP contribution in [0.25, 0.3) is 0 Å². The Morgan fingerprint density at radius 1 is 1.14 bits per heavy atom. The number of carbonyl (C=O) groups excluding carboxylic acids is 1. The number of hydrogen-bond donors (Lipinski definition) is 1. The number of piperidine rings is 1. The average molecular weight is 335 g/mol. The second-order valence-electron chi connectivity index (χ2n) is 5.70. The summed E-state index contributed by atoms with van der Waals surface area (Å²) in [5.74, 6) is -1.43. The van der Waals surface area contributed by atoms with E-state index in [9.17, 15) is 18.0 Å². The van der Waals surface area contributed by atoms with Gasteiger partial charge in [-0.25, -0.2) is 0 Å². The monoisotopic (exact) mass is 334 g/mol. The standard InChI is InChI=1S/C15H17F3N2O.ClH/c16-15(17,18)13-3-5-20(6-4-13)14(21)10-1-2-11-8-19-9-12(11)7-10;/h1-2,7,13,19H,3-6,8-9H2;1H. The van der Waals surface area contributed by atoms with E-state index >= 15 is 0 Å². The molecule has 1 saturated heterocycles. The summed E-state index contributed by atoms with van der Waals surface area (Å²) in [5, 5.41) is 3.21. The van der Waals surface area contributed by atoms with Crippen LogP contribution >= 0.6 is 12.4 Å². The van der Waals surface area contributed by atoms with Crippen LogP contribution in [0.5, 0.6) is 0 Å². The summed E-state index contributed by atoms with van der Waals surface area (Å²) in [6, 6.07) is 5.54. The van der Waals surface area contributed by atoms with Crippen molar-refractivity contribution in [2.45, 2.75) is 32.1 Å². The van der Waals surface area contributed by atoms with E-state index in [-0.39, 0.29) is 44.2 Å². The molecule has 0 radical (unpaired) electrons. The van der Waals surface area contributed by atoms with Crippen molar-refractivity contribution in [3.05, 3.63) is 34.9 Å². The molecule has 22 heavy (non-hydrogen) atoms. The van der Waals surface area contributed by atoms with Gasteiger partial charge in [0.2, 0.25) is 0 Å². The Morgan fingerprint density at radius 3 is 2.41 bits per heavy atom. The zero-order valence-corrected chi connectivity index (χ0v) is 12.8. The van der Waals surface area contributed by atoms with Crippen LogP contribution in [0.1, 0.15) is 34.3 Å². The summed E-state index contributed by atoms with van der Waals surface area (Å²) in [5.41, 5.74) is 2.86. The van der Waals surface area contributed by atoms with Crippen LogP contribution in [0, 0.1) is 5.92 Å². The lowest BCUT2D eigenvalue weighted by atomic mass is 9.95. The average Bonchev–Trinajstić information content (AvgIpc) is 2.93. The van der Waals surface area contributed by atoms with E-state index in [0.717, 1.165) is 18.7 Å². The topological polar surface area (TPSA) is 32.3 Å². The SMILES string of the molecule is Cl.O=C(c1ccc2c(c1)CNC2)N1CCC(C(F)(F)F)CC1. The number of hydrogen-bond acceptors (Lipinski definition) is 2. The zero-order chi connectivity index (χ0) is 15.0. The Kier molecular flexibility index (Phi) is 5.02. The first-order valence-corrected chi connectivity index (χ1v) is 7.13. The molecule has 2 aliphatic heterocycles. The second-order valence-corrected chi connectivity index (χ2v) is 5.70. The number of rotatable bonds is 1. The molecule has 2 heterocycles. The van der Waals surface area contributed by atoms with E-state index in [2.05, 4.69) is 5.32 Å². The van der Waals surface area contributed by atoms with Gasteiger partial charge >= 0.3 is 6.18 Å². The fourth-order valence-electron chi connectivity index (χ4n) is 3.02. The van der Waals surface area contributed by atoms with E-state index in [0.29, 0.717) is 5.56 Å². The lowest BCUT2D eigenvalue weighted by Gasteiger charge is -2.33. The van der Waals surface area contributed by atoms with Crippen LogP contribution < -0.4 is 5.32 Å². The van der Waals surface area contributed by atoms with Crippen LogP contribution in [0.3, 0.4) is 0 Å². The predicted molar refractivity (Wildman–Crippen MR) is 78.9 cm³/mol. The third-order valence-corrected chi connectivity index (χ3v) is 4.33. The Balaban J connectivity index is 0.00000176. The van der Waals surface area contributed by atoms with E-state index in [1.54, 1.807) is 6.07 Å². The van der Waals surface area contributed by atoms with Gasteiger partial charge in [0.05, 0.1) is 5.92 Å². The van der Waals surface area contributed by atoms with Crippen LogP contribution in [0.15, 0.2) is 18.2 Å². The van der Waals surface area contributed by atoms with Crippen LogP contribution in [0.4, 0.5) is 13.2 Å². The largest absolute Gasteiger partial charge is 0.391 e. The minimum Gasteiger partial charge on any atom is -0.339 e.